The Kier molecular flexibility index (Phi) is 7.59. The number of hydrogen-bond donors (Lipinski definition) is 0. The SMILES string of the molecule is CC(=O)N(CC(C)C)C[C@H]1CN(Cc2cccc(C(F)(F)F)c2)C[C@@H]1c1ccc(F)cc1. The second-order valence-corrected chi connectivity index (χ2v) is 9.13. The molecule has 0 N–H and O–H groups in total. The van der Waals surface area contributed by atoms with E-state index < -0.39 is 11.7 Å². The van der Waals surface area contributed by atoms with Gasteiger partial charge in [0.15, 0.2) is 0 Å². The Morgan fingerprint density at radius 2 is 1.81 bits per heavy atom. The normalized spacial score (nSPS) is 19.5. The molecule has 3 nitrogen and oxygen atoms in total. The second-order valence-electron chi connectivity index (χ2n) is 9.13. The van der Waals surface area contributed by atoms with Gasteiger partial charge in [0, 0.05) is 45.6 Å². The van der Waals surface area contributed by atoms with Crippen molar-refractivity contribution in [2.24, 2.45) is 11.8 Å². The van der Waals surface area contributed by atoms with E-state index in [-0.39, 0.29) is 23.6 Å². The van der Waals surface area contributed by atoms with Gasteiger partial charge in [-0.2, -0.15) is 13.2 Å². The van der Waals surface area contributed by atoms with Crippen LogP contribution in [0.3, 0.4) is 0 Å². The van der Waals surface area contributed by atoms with Crippen molar-refractivity contribution in [1.82, 2.24) is 9.80 Å². The quantitative estimate of drug-likeness (QED) is 0.516. The Morgan fingerprint density at radius 1 is 1.12 bits per heavy atom. The Balaban J connectivity index is 1.81. The summed E-state index contributed by atoms with van der Waals surface area (Å²) in [5, 5.41) is 0. The van der Waals surface area contributed by atoms with Gasteiger partial charge >= 0.3 is 6.18 Å². The number of benzene rings is 2. The standard InChI is InChI=1S/C25H30F4N2O/c1-17(2)12-31(18(3)32)15-21-14-30(16-24(21)20-7-9-23(26)10-8-20)13-19-5-4-6-22(11-19)25(27,28)29/h4-11,17,21,24H,12-16H2,1-3H3/t21-,24-/m1/s1. The summed E-state index contributed by atoms with van der Waals surface area (Å²) in [7, 11) is 0. The van der Waals surface area contributed by atoms with Crippen molar-refractivity contribution in [2.75, 3.05) is 26.2 Å². The smallest absolute Gasteiger partial charge is 0.342 e. The van der Waals surface area contributed by atoms with Crippen LogP contribution >= 0.6 is 0 Å². The topological polar surface area (TPSA) is 23.6 Å². The van der Waals surface area contributed by atoms with Crippen LogP contribution < -0.4 is 0 Å². The van der Waals surface area contributed by atoms with Crippen molar-refractivity contribution in [3.05, 3.63) is 71.0 Å². The number of hydrogen-bond acceptors (Lipinski definition) is 2. The van der Waals surface area contributed by atoms with Crippen molar-refractivity contribution < 1.29 is 22.4 Å². The molecule has 1 fully saturated rings. The molecule has 0 aliphatic carbocycles. The van der Waals surface area contributed by atoms with Gasteiger partial charge in [0.1, 0.15) is 5.82 Å². The van der Waals surface area contributed by atoms with E-state index in [4.69, 9.17) is 0 Å². The first kappa shape index (κ1) is 24.2. The highest BCUT2D eigenvalue weighted by Gasteiger charge is 2.36. The average Bonchev–Trinajstić information content (AvgIpc) is 3.09. The van der Waals surface area contributed by atoms with Gasteiger partial charge in [-0.3, -0.25) is 9.69 Å². The maximum absolute atomic E-state index is 13.5. The van der Waals surface area contributed by atoms with Gasteiger partial charge in [-0.1, -0.05) is 44.2 Å². The van der Waals surface area contributed by atoms with Crippen LogP contribution in [0.4, 0.5) is 17.6 Å². The van der Waals surface area contributed by atoms with Gasteiger partial charge in [-0.15, -0.1) is 0 Å². The lowest BCUT2D eigenvalue weighted by Gasteiger charge is -2.29. The van der Waals surface area contributed by atoms with Crippen LogP contribution in [0.1, 0.15) is 43.4 Å². The van der Waals surface area contributed by atoms with E-state index in [9.17, 15) is 22.4 Å². The predicted octanol–water partition coefficient (Wildman–Crippen LogP) is 5.56. The van der Waals surface area contributed by atoms with Crippen LogP contribution in [-0.2, 0) is 17.5 Å². The van der Waals surface area contributed by atoms with Gasteiger partial charge in [-0.25, -0.2) is 4.39 Å². The number of carbonyl (C=O) groups excluding carboxylic acids is 1. The van der Waals surface area contributed by atoms with Crippen molar-refractivity contribution in [3.63, 3.8) is 0 Å². The summed E-state index contributed by atoms with van der Waals surface area (Å²) in [6.07, 6.45) is -4.38. The Labute approximate surface area is 187 Å². The highest BCUT2D eigenvalue weighted by molar-refractivity contribution is 5.73. The third kappa shape index (κ3) is 6.31. The molecule has 0 spiro atoms. The molecule has 1 aliphatic heterocycles. The number of likely N-dealkylation sites (tertiary alicyclic amines) is 1. The zero-order valence-electron chi connectivity index (χ0n) is 18.7. The van der Waals surface area contributed by atoms with E-state index in [1.54, 1.807) is 25.1 Å². The van der Waals surface area contributed by atoms with Crippen molar-refractivity contribution in [1.29, 1.82) is 0 Å². The molecule has 0 radical (unpaired) electrons. The van der Waals surface area contributed by atoms with Gasteiger partial charge < -0.3 is 4.90 Å². The lowest BCUT2D eigenvalue weighted by Crippen LogP contribution is -2.38. The summed E-state index contributed by atoms with van der Waals surface area (Å²) in [6.45, 7) is 8.57. The van der Waals surface area contributed by atoms with E-state index >= 15 is 0 Å². The Bertz CT molecular complexity index is 911. The molecule has 7 heteroatoms. The van der Waals surface area contributed by atoms with Crippen LogP contribution in [0.5, 0.6) is 0 Å². The summed E-state index contributed by atoms with van der Waals surface area (Å²) in [5.74, 6) is 0.192. The monoisotopic (exact) mass is 450 g/mol. The van der Waals surface area contributed by atoms with E-state index in [2.05, 4.69) is 18.7 Å². The fourth-order valence-corrected chi connectivity index (χ4v) is 4.52. The minimum atomic E-state index is -4.38. The maximum Gasteiger partial charge on any atom is 0.416 e. The highest BCUT2D eigenvalue weighted by Crippen LogP contribution is 2.35. The maximum atomic E-state index is 13.5. The molecule has 1 amide bonds. The largest absolute Gasteiger partial charge is 0.416 e. The zero-order valence-corrected chi connectivity index (χ0v) is 18.7. The molecule has 0 aromatic heterocycles. The molecule has 2 aromatic carbocycles. The third-order valence-electron chi connectivity index (χ3n) is 5.96. The molecule has 0 saturated carbocycles. The van der Waals surface area contributed by atoms with Crippen LogP contribution in [0.15, 0.2) is 48.5 Å². The summed E-state index contributed by atoms with van der Waals surface area (Å²) in [6, 6.07) is 11.8. The van der Waals surface area contributed by atoms with Gasteiger partial charge in [0.2, 0.25) is 5.91 Å². The molecular weight excluding hydrogens is 420 g/mol. The fraction of sp³-hybridized carbons (Fsp3) is 0.480. The van der Waals surface area contributed by atoms with E-state index in [0.29, 0.717) is 44.2 Å². The fourth-order valence-electron chi connectivity index (χ4n) is 4.52. The first-order valence-corrected chi connectivity index (χ1v) is 10.9. The van der Waals surface area contributed by atoms with Gasteiger partial charge in [0.25, 0.3) is 0 Å². The molecule has 1 heterocycles. The van der Waals surface area contributed by atoms with E-state index in [1.165, 1.54) is 24.3 Å². The minimum Gasteiger partial charge on any atom is -0.342 e. The molecule has 3 rings (SSSR count). The molecule has 1 saturated heterocycles. The zero-order chi connectivity index (χ0) is 23.5. The van der Waals surface area contributed by atoms with E-state index in [1.807, 2.05) is 4.90 Å². The molecule has 2 aromatic rings. The molecule has 32 heavy (non-hydrogen) atoms. The minimum absolute atomic E-state index is 0.00730. The Hall–Kier alpha value is -2.41. The number of rotatable bonds is 7. The summed E-state index contributed by atoms with van der Waals surface area (Å²) in [5.41, 5.74) is 0.931. The molecule has 1 aliphatic rings. The second kappa shape index (κ2) is 10.0. The average molecular weight is 451 g/mol. The van der Waals surface area contributed by atoms with Gasteiger partial charge in [0.05, 0.1) is 5.56 Å². The number of carbonyl (C=O) groups is 1. The van der Waals surface area contributed by atoms with Crippen molar-refractivity contribution >= 4 is 5.91 Å². The number of amides is 1. The van der Waals surface area contributed by atoms with Crippen LogP contribution in [-0.4, -0.2) is 41.9 Å². The lowest BCUT2D eigenvalue weighted by molar-refractivity contribution is -0.137. The third-order valence-corrected chi connectivity index (χ3v) is 5.96. The van der Waals surface area contributed by atoms with Crippen LogP contribution in [0.25, 0.3) is 0 Å². The first-order chi connectivity index (χ1) is 15.0. The van der Waals surface area contributed by atoms with Crippen molar-refractivity contribution in [2.45, 2.75) is 39.4 Å². The summed E-state index contributed by atoms with van der Waals surface area (Å²) < 4.78 is 52.8. The summed E-state index contributed by atoms with van der Waals surface area (Å²) >= 11 is 0. The molecule has 0 unspecified atom stereocenters. The number of alkyl halides is 3. The molecule has 174 valence electrons. The number of nitrogens with zero attached hydrogens (tertiary/aromatic N) is 2. The summed E-state index contributed by atoms with van der Waals surface area (Å²) in [4.78, 5) is 16.2. The lowest BCUT2D eigenvalue weighted by atomic mass is 9.88. The van der Waals surface area contributed by atoms with Crippen molar-refractivity contribution in [3.8, 4) is 0 Å². The van der Waals surface area contributed by atoms with Crippen LogP contribution in [0, 0.1) is 17.7 Å². The highest BCUT2D eigenvalue weighted by atomic mass is 19.4. The Morgan fingerprint density at radius 3 is 2.41 bits per heavy atom. The molecule has 0 bridgehead atoms. The van der Waals surface area contributed by atoms with E-state index in [0.717, 1.165) is 11.6 Å². The number of halogens is 4. The molecule has 2 atom stereocenters. The van der Waals surface area contributed by atoms with Crippen LogP contribution in [0.2, 0.25) is 0 Å². The first-order valence-electron chi connectivity index (χ1n) is 10.9. The predicted molar refractivity (Wildman–Crippen MR) is 116 cm³/mol. The molecular formula is C25H30F4N2O. The van der Waals surface area contributed by atoms with Gasteiger partial charge in [-0.05, 0) is 41.2 Å².